The lowest BCUT2D eigenvalue weighted by Crippen LogP contribution is -2.45. The monoisotopic (exact) mass is 322 g/mol. The Hall–Kier alpha value is -3.23. The van der Waals surface area contributed by atoms with Crippen LogP contribution in [0.4, 0.5) is 5.13 Å². The highest BCUT2D eigenvalue weighted by atomic mass is 32.1. The van der Waals surface area contributed by atoms with Gasteiger partial charge in [0.2, 0.25) is 11.9 Å². The van der Waals surface area contributed by atoms with E-state index >= 15 is 0 Å². The van der Waals surface area contributed by atoms with E-state index in [-0.39, 0.29) is 5.96 Å². The van der Waals surface area contributed by atoms with E-state index in [4.69, 9.17) is 5.26 Å². The van der Waals surface area contributed by atoms with Gasteiger partial charge in [-0.2, -0.15) is 10.5 Å². The summed E-state index contributed by atoms with van der Waals surface area (Å²) in [6.45, 7) is 0. The van der Waals surface area contributed by atoms with Crippen LogP contribution in [0.1, 0.15) is 17.2 Å². The van der Waals surface area contributed by atoms with Gasteiger partial charge >= 0.3 is 0 Å². The van der Waals surface area contributed by atoms with Crippen molar-refractivity contribution in [1.29, 1.82) is 10.5 Å². The molecule has 7 nitrogen and oxygen atoms in total. The number of hydrogen-bond donors (Lipinski definition) is 2. The quantitative estimate of drug-likeness (QED) is 0.875. The van der Waals surface area contributed by atoms with Gasteiger partial charge in [-0.1, -0.05) is 12.1 Å². The van der Waals surface area contributed by atoms with Crippen LogP contribution >= 0.6 is 11.3 Å². The fourth-order valence-electron chi connectivity index (χ4n) is 2.18. The van der Waals surface area contributed by atoms with E-state index in [1.54, 1.807) is 35.8 Å². The molecule has 1 aliphatic rings. The van der Waals surface area contributed by atoms with Crippen LogP contribution in [0.5, 0.6) is 0 Å². The molecule has 0 saturated carbocycles. The molecule has 0 aliphatic carbocycles. The molecular weight excluding hydrogens is 312 g/mol. The first-order chi connectivity index (χ1) is 11.2. The molecule has 0 radical (unpaired) electrons. The molecule has 1 aliphatic heterocycles. The summed E-state index contributed by atoms with van der Waals surface area (Å²) in [4.78, 5) is 20.6. The van der Waals surface area contributed by atoms with Crippen LogP contribution < -0.4 is 10.6 Å². The molecule has 2 unspecified atom stereocenters. The number of carbonyl (C=O) groups excluding carboxylic acids is 1. The molecule has 112 valence electrons. The number of nitriles is 2. The number of carbonyl (C=O) groups is 1. The zero-order valence-corrected chi connectivity index (χ0v) is 12.5. The highest BCUT2D eigenvalue weighted by molar-refractivity contribution is 7.13. The van der Waals surface area contributed by atoms with Crippen molar-refractivity contribution >= 4 is 28.3 Å². The van der Waals surface area contributed by atoms with Crippen molar-refractivity contribution in [3.05, 3.63) is 47.0 Å². The minimum atomic E-state index is -0.926. The number of anilines is 1. The molecule has 0 fully saturated rings. The van der Waals surface area contributed by atoms with E-state index in [0.29, 0.717) is 16.3 Å². The summed E-state index contributed by atoms with van der Waals surface area (Å²) in [5.41, 5.74) is 1.21. The van der Waals surface area contributed by atoms with E-state index in [9.17, 15) is 10.1 Å². The van der Waals surface area contributed by atoms with Crippen molar-refractivity contribution in [2.24, 2.45) is 10.9 Å². The molecule has 3 rings (SSSR count). The second kappa shape index (κ2) is 6.26. The maximum Gasteiger partial charge on any atom is 0.246 e. The summed E-state index contributed by atoms with van der Waals surface area (Å²) < 4.78 is 0. The number of thiazole rings is 1. The number of guanidine groups is 1. The molecule has 2 heterocycles. The highest BCUT2D eigenvalue weighted by Crippen LogP contribution is 2.29. The van der Waals surface area contributed by atoms with E-state index in [1.165, 1.54) is 11.3 Å². The van der Waals surface area contributed by atoms with E-state index in [2.05, 4.69) is 20.6 Å². The maximum atomic E-state index is 12.1. The Labute approximate surface area is 135 Å². The smallest absolute Gasteiger partial charge is 0.246 e. The first-order valence-corrected chi connectivity index (χ1v) is 7.54. The topological polar surface area (TPSA) is 114 Å². The molecule has 0 saturated heterocycles. The lowest BCUT2D eigenvalue weighted by molar-refractivity contribution is -0.122. The molecular formula is C15H10N6OS. The normalized spacial score (nSPS) is 19.9. The standard InChI is InChI=1S/C15H10N6OS/c16-7-9-1-3-10(4-2-9)12-11(8-17)13(22)20-14(19-12)21-15-18-5-6-23-15/h1-6,11-12H,(H2,18,19,20,21,22). The van der Waals surface area contributed by atoms with Crippen molar-refractivity contribution in [2.75, 3.05) is 5.32 Å². The van der Waals surface area contributed by atoms with Crippen LogP contribution in [-0.2, 0) is 4.79 Å². The van der Waals surface area contributed by atoms with Crippen molar-refractivity contribution in [3.8, 4) is 12.1 Å². The summed E-state index contributed by atoms with van der Waals surface area (Å²) in [5.74, 6) is -1.09. The number of aromatic nitrogens is 1. The zero-order valence-electron chi connectivity index (χ0n) is 11.7. The summed E-state index contributed by atoms with van der Waals surface area (Å²) in [5, 5.41) is 26.0. The van der Waals surface area contributed by atoms with E-state index in [0.717, 1.165) is 0 Å². The number of nitrogens with one attached hydrogen (secondary N) is 2. The molecule has 23 heavy (non-hydrogen) atoms. The largest absolute Gasteiger partial charge is 0.302 e. The third-order valence-electron chi connectivity index (χ3n) is 3.29. The molecule has 2 atom stereocenters. The fourth-order valence-corrected chi connectivity index (χ4v) is 2.71. The van der Waals surface area contributed by atoms with E-state index in [1.807, 2.05) is 12.1 Å². The van der Waals surface area contributed by atoms with Crippen LogP contribution in [0.3, 0.4) is 0 Å². The van der Waals surface area contributed by atoms with Crippen LogP contribution in [0.15, 0.2) is 40.8 Å². The van der Waals surface area contributed by atoms with Gasteiger partial charge in [0, 0.05) is 11.6 Å². The van der Waals surface area contributed by atoms with Crippen molar-refractivity contribution < 1.29 is 4.79 Å². The van der Waals surface area contributed by atoms with Gasteiger partial charge in [0.1, 0.15) is 6.04 Å². The molecule has 0 bridgehead atoms. The second-order valence-electron chi connectivity index (χ2n) is 4.71. The Morgan fingerprint density at radius 1 is 1.26 bits per heavy atom. The van der Waals surface area contributed by atoms with Crippen molar-refractivity contribution in [3.63, 3.8) is 0 Å². The molecule has 8 heteroatoms. The number of benzene rings is 1. The van der Waals surface area contributed by atoms with Crippen LogP contribution in [0.25, 0.3) is 0 Å². The summed E-state index contributed by atoms with van der Waals surface area (Å²) in [7, 11) is 0. The predicted octanol–water partition coefficient (Wildman–Crippen LogP) is 1.79. The first-order valence-electron chi connectivity index (χ1n) is 6.66. The lowest BCUT2D eigenvalue weighted by Gasteiger charge is -2.25. The lowest BCUT2D eigenvalue weighted by atomic mass is 9.92. The number of aliphatic imine (C=N–C) groups is 1. The third-order valence-corrected chi connectivity index (χ3v) is 3.97. The van der Waals surface area contributed by atoms with Gasteiger partial charge in [0.15, 0.2) is 11.0 Å². The molecule has 1 aromatic heterocycles. The maximum absolute atomic E-state index is 12.1. The van der Waals surface area contributed by atoms with Crippen LogP contribution in [0, 0.1) is 28.6 Å². The first kappa shape index (κ1) is 14.7. The molecule has 0 spiro atoms. The molecule has 1 aromatic carbocycles. The number of hydrogen-bond acceptors (Lipinski definition) is 7. The minimum absolute atomic E-state index is 0.255. The molecule has 2 aromatic rings. The predicted molar refractivity (Wildman–Crippen MR) is 84.3 cm³/mol. The average Bonchev–Trinajstić information content (AvgIpc) is 3.07. The summed E-state index contributed by atoms with van der Waals surface area (Å²) >= 11 is 1.37. The Balaban J connectivity index is 1.94. The fraction of sp³-hybridized carbons (Fsp3) is 0.133. The van der Waals surface area contributed by atoms with Gasteiger partial charge in [0.05, 0.1) is 17.7 Å². The Morgan fingerprint density at radius 3 is 2.65 bits per heavy atom. The minimum Gasteiger partial charge on any atom is -0.302 e. The number of amides is 1. The van der Waals surface area contributed by atoms with Gasteiger partial charge in [-0.05, 0) is 17.7 Å². The van der Waals surface area contributed by atoms with Crippen molar-refractivity contribution in [2.45, 2.75) is 6.04 Å². The Morgan fingerprint density at radius 2 is 2.04 bits per heavy atom. The average molecular weight is 322 g/mol. The molecule has 2 N–H and O–H groups in total. The SMILES string of the molecule is N#Cc1ccc(C2N=C(Nc3nccs3)NC(=O)C2C#N)cc1. The molecule has 1 amide bonds. The zero-order chi connectivity index (χ0) is 16.2. The van der Waals surface area contributed by atoms with E-state index < -0.39 is 17.9 Å². The number of nitrogens with zero attached hydrogens (tertiary/aromatic N) is 4. The Bertz CT molecular complexity index is 828. The van der Waals surface area contributed by atoms with Gasteiger partial charge in [-0.3, -0.25) is 10.1 Å². The van der Waals surface area contributed by atoms with Crippen LogP contribution in [-0.4, -0.2) is 16.9 Å². The van der Waals surface area contributed by atoms with Crippen LogP contribution in [0.2, 0.25) is 0 Å². The second-order valence-corrected chi connectivity index (χ2v) is 5.61. The highest BCUT2D eigenvalue weighted by Gasteiger charge is 2.34. The number of rotatable bonds is 2. The summed E-state index contributed by atoms with van der Waals surface area (Å²) in [6.07, 6.45) is 1.63. The van der Waals surface area contributed by atoms with Gasteiger partial charge in [-0.25, -0.2) is 9.98 Å². The van der Waals surface area contributed by atoms with Crippen molar-refractivity contribution in [1.82, 2.24) is 10.3 Å². The summed E-state index contributed by atoms with van der Waals surface area (Å²) in [6, 6.07) is 10.1. The Kier molecular flexibility index (Phi) is 4.00. The third kappa shape index (κ3) is 3.03. The van der Waals surface area contributed by atoms with Gasteiger partial charge in [-0.15, -0.1) is 11.3 Å². The van der Waals surface area contributed by atoms with Gasteiger partial charge in [0.25, 0.3) is 0 Å². The van der Waals surface area contributed by atoms with Gasteiger partial charge < -0.3 is 5.32 Å².